The van der Waals surface area contributed by atoms with Crippen LogP contribution in [0.2, 0.25) is 0 Å². The van der Waals surface area contributed by atoms with Crippen molar-refractivity contribution in [2.75, 3.05) is 0 Å². The predicted molar refractivity (Wildman–Crippen MR) is 102 cm³/mol. The summed E-state index contributed by atoms with van der Waals surface area (Å²) in [4.78, 5) is 0. The van der Waals surface area contributed by atoms with E-state index in [1.165, 1.54) is 36.1 Å². The molecule has 2 aliphatic rings. The topological polar surface area (TPSA) is 38.0 Å². The fourth-order valence-corrected chi connectivity index (χ4v) is 4.61. The van der Waals surface area contributed by atoms with Gasteiger partial charge in [-0.3, -0.25) is 0 Å². The van der Waals surface area contributed by atoms with E-state index < -0.39 is 0 Å². The van der Waals surface area contributed by atoms with Crippen LogP contribution in [0.3, 0.4) is 0 Å². The number of aliphatic hydroxyl groups excluding tert-OH is 1. The van der Waals surface area contributed by atoms with Gasteiger partial charge >= 0.3 is 0 Å². The molecule has 0 saturated heterocycles. The molecule has 0 amide bonds. The molecule has 1 saturated carbocycles. The van der Waals surface area contributed by atoms with Crippen molar-refractivity contribution < 1.29 is 9.50 Å². The Bertz CT molecular complexity index is 817. The second-order valence-electron chi connectivity index (χ2n) is 8.32. The molecule has 2 aliphatic carbocycles. The second-order valence-corrected chi connectivity index (χ2v) is 8.32. The summed E-state index contributed by atoms with van der Waals surface area (Å²) in [6.45, 7) is 4.42. The third-order valence-corrected chi connectivity index (χ3v) is 6.45. The second kappa shape index (κ2) is 6.66. The van der Waals surface area contributed by atoms with Crippen LogP contribution in [0, 0.1) is 17.2 Å². The first-order chi connectivity index (χ1) is 12.5. The van der Waals surface area contributed by atoms with Crippen molar-refractivity contribution in [1.82, 2.24) is 9.78 Å². The summed E-state index contributed by atoms with van der Waals surface area (Å²) in [5, 5.41) is 15.3. The van der Waals surface area contributed by atoms with Gasteiger partial charge in [-0.05, 0) is 79.8 Å². The molecule has 26 heavy (non-hydrogen) atoms. The molecule has 0 spiro atoms. The molecule has 0 aliphatic heterocycles. The van der Waals surface area contributed by atoms with Crippen molar-refractivity contribution in [2.24, 2.45) is 11.3 Å². The van der Waals surface area contributed by atoms with Crippen LogP contribution < -0.4 is 0 Å². The van der Waals surface area contributed by atoms with E-state index in [4.69, 9.17) is 0 Å². The molecule has 1 unspecified atom stereocenters. The highest BCUT2D eigenvalue weighted by atomic mass is 19.1. The van der Waals surface area contributed by atoms with Crippen molar-refractivity contribution in [3.05, 3.63) is 53.1 Å². The maximum atomic E-state index is 13.2. The largest absolute Gasteiger partial charge is 0.393 e. The SMILES string of the molecule is CC1=Cc2c(cnn2-c2ccc(F)cc2)C[C@]1(C)CC(O)C1CCCC1. The van der Waals surface area contributed by atoms with Gasteiger partial charge in [-0.1, -0.05) is 25.3 Å². The van der Waals surface area contributed by atoms with Gasteiger partial charge in [-0.15, -0.1) is 0 Å². The molecule has 1 aromatic carbocycles. The molecular weight excluding hydrogens is 327 g/mol. The van der Waals surface area contributed by atoms with Gasteiger partial charge in [0.2, 0.25) is 0 Å². The fourth-order valence-electron chi connectivity index (χ4n) is 4.61. The number of aliphatic hydroxyl groups is 1. The summed E-state index contributed by atoms with van der Waals surface area (Å²) < 4.78 is 15.1. The molecule has 4 rings (SSSR count). The van der Waals surface area contributed by atoms with Gasteiger partial charge in [0.15, 0.2) is 0 Å². The predicted octanol–water partition coefficient (Wildman–Crippen LogP) is 4.92. The molecule has 138 valence electrons. The number of nitrogens with zero attached hydrogens (tertiary/aromatic N) is 2. The quantitative estimate of drug-likeness (QED) is 0.846. The summed E-state index contributed by atoms with van der Waals surface area (Å²) >= 11 is 0. The Morgan fingerprint density at radius 1 is 1.27 bits per heavy atom. The van der Waals surface area contributed by atoms with Gasteiger partial charge in [0, 0.05) is 0 Å². The standard InChI is InChI=1S/C22H27FN2O/c1-15-11-20-17(14-24-25(20)19-9-7-18(23)8-10-19)12-22(15,2)13-21(26)16-5-3-4-6-16/h7-11,14,16,21,26H,3-6,12-13H2,1-2H3/t21?,22-/m1/s1. The Balaban J connectivity index is 1.60. The van der Waals surface area contributed by atoms with Crippen LogP contribution >= 0.6 is 0 Å². The lowest BCUT2D eigenvalue weighted by atomic mass is 9.69. The van der Waals surface area contributed by atoms with Crippen LogP contribution in [0.4, 0.5) is 4.39 Å². The van der Waals surface area contributed by atoms with Crippen LogP contribution in [-0.4, -0.2) is 21.0 Å². The molecule has 1 N–H and O–H groups in total. The van der Waals surface area contributed by atoms with Gasteiger partial charge in [0.05, 0.1) is 23.7 Å². The highest BCUT2D eigenvalue weighted by molar-refractivity contribution is 5.60. The lowest BCUT2D eigenvalue weighted by Crippen LogP contribution is -2.32. The summed E-state index contributed by atoms with van der Waals surface area (Å²) in [6, 6.07) is 6.43. The van der Waals surface area contributed by atoms with Crippen molar-refractivity contribution in [3.8, 4) is 5.69 Å². The van der Waals surface area contributed by atoms with Crippen molar-refractivity contribution in [3.63, 3.8) is 0 Å². The third-order valence-electron chi connectivity index (χ3n) is 6.45. The molecule has 0 bridgehead atoms. The number of benzene rings is 1. The van der Waals surface area contributed by atoms with Crippen LogP contribution in [0.5, 0.6) is 0 Å². The van der Waals surface area contributed by atoms with Crippen molar-refractivity contribution >= 4 is 6.08 Å². The number of halogens is 1. The monoisotopic (exact) mass is 354 g/mol. The zero-order chi connectivity index (χ0) is 18.3. The number of aromatic nitrogens is 2. The van der Waals surface area contributed by atoms with Crippen molar-refractivity contribution in [1.29, 1.82) is 0 Å². The van der Waals surface area contributed by atoms with E-state index in [1.54, 1.807) is 12.1 Å². The Hall–Kier alpha value is -1.94. The zero-order valence-corrected chi connectivity index (χ0v) is 15.6. The normalized spacial score (nSPS) is 24.4. The highest BCUT2D eigenvalue weighted by Crippen LogP contribution is 2.44. The van der Waals surface area contributed by atoms with Gasteiger partial charge in [0.1, 0.15) is 5.82 Å². The Morgan fingerprint density at radius 3 is 2.65 bits per heavy atom. The highest BCUT2D eigenvalue weighted by Gasteiger charge is 2.37. The number of fused-ring (bicyclic) bond motifs is 1. The van der Waals surface area contributed by atoms with Crippen molar-refractivity contribution in [2.45, 2.75) is 58.5 Å². The molecule has 4 heteroatoms. The Kier molecular flexibility index (Phi) is 4.47. The first-order valence-electron chi connectivity index (χ1n) is 9.66. The molecule has 1 heterocycles. The van der Waals surface area contributed by atoms with E-state index in [-0.39, 0.29) is 17.3 Å². The maximum Gasteiger partial charge on any atom is 0.123 e. The molecule has 3 nitrogen and oxygen atoms in total. The minimum atomic E-state index is -0.241. The van der Waals surface area contributed by atoms with Gasteiger partial charge in [0.25, 0.3) is 0 Å². The zero-order valence-electron chi connectivity index (χ0n) is 15.6. The Labute approximate surface area is 154 Å². The molecule has 1 aromatic heterocycles. The minimum Gasteiger partial charge on any atom is -0.393 e. The van der Waals surface area contributed by atoms with Gasteiger partial charge < -0.3 is 5.11 Å². The number of rotatable bonds is 4. The molecule has 2 aromatic rings. The molecule has 0 radical (unpaired) electrons. The van der Waals surface area contributed by atoms with Crippen LogP contribution in [0.25, 0.3) is 11.8 Å². The van der Waals surface area contributed by atoms with Gasteiger partial charge in [-0.25, -0.2) is 9.07 Å². The third kappa shape index (κ3) is 3.11. The number of hydrogen-bond acceptors (Lipinski definition) is 2. The molecule has 2 atom stereocenters. The first kappa shape index (κ1) is 17.5. The lowest BCUT2D eigenvalue weighted by Gasteiger charge is -2.37. The summed E-state index contributed by atoms with van der Waals surface area (Å²) in [5.41, 5.74) is 4.38. The van der Waals surface area contributed by atoms with E-state index in [9.17, 15) is 9.50 Å². The van der Waals surface area contributed by atoms with Gasteiger partial charge in [-0.2, -0.15) is 5.10 Å². The van der Waals surface area contributed by atoms with Crippen LogP contribution in [-0.2, 0) is 6.42 Å². The maximum absolute atomic E-state index is 13.2. The van der Waals surface area contributed by atoms with Crippen LogP contribution in [0.1, 0.15) is 57.2 Å². The van der Waals surface area contributed by atoms with E-state index in [0.717, 1.165) is 37.1 Å². The van der Waals surface area contributed by atoms with E-state index in [2.05, 4.69) is 25.0 Å². The number of allylic oxidation sites excluding steroid dienone is 1. The van der Waals surface area contributed by atoms with E-state index in [1.807, 2.05) is 10.9 Å². The molecule has 1 fully saturated rings. The summed E-state index contributed by atoms with van der Waals surface area (Å²) in [7, 11) is 0. The Morgan fingerprint density at radius 2 is 1.96 bits per heavy atom. The smallest absolute Gasteiger partial charge is 0.123 e. The van der Waals surface area contributed by atoms with Crippen LogP contribution in [0.15, 0.2) is 36.0 Å². The summed E-state index contributed by atoms with van der Waals surface area (Å²) in [5.74, 6) is 0.220. The fraction of sp³-hybridized carbons (Fsp3) is 0.500. The first-order valence-corrected chi connectivity index (χ1v) is 9.66. The molecular formula is C22H27FN2O. The minimum absolute atomic E-state index is 0.0360. The van der Waals surface area contributed by atoms with E-state index >= 15 is 0 Å². The lowest BCUT2D eigenvalue weighted by molar-refractivity contribution is 0.0680. The number of hydrogen-bond donors (Lipinski definition) is 1. The average molecular weight is 354 g/mol. The van der Waals surface area contributed by atoms with E-state index in [0.29, 0.717) is 5.92 Å². The average Bonchev–Trinajstić information content (AvgIpc) is 3.26. The summed E-state index contributed by atoms with van der Waals surface area (Å²) in [6.07, 6.45) is 10.4.